The van der Waals surface area contributed by atoms with E-state index in [2.05, 4.69) is 25.9 Å². The van der Waals surface area contributed by atoms with E-state index in [1.165, 1.54) is 6.92 Å². The van der Waals surface area contributed by atoms with E-state index in [4.69, 9.17) is 4.74 Å². The summed E-state index contributed by atoms with van der Waals surface area (Å²) in [5.41, 5.74) is 2.55. The molecule has 9 nitrogen and oxygen atoms in total. The van der Waals surface area contributed by atoms with Gasteiger partial charge in [-0.15, -0.1) is 0 Å². The van der Waals surface area contributed by atoms with Gasteiger partial charge in [-0.3, -0.25) is 14.6 Å². The number of aryl methyl sites for hydroxylation is 1. The van der Waals surface area contributed by atoms with Gasteiger partial charge in [-0.05, 0) is 33.1 Å². The average molecular weight is 456 g/mol. The van der Waals surface area contributed by atoms with E-state index >= 15 is 0 Å². The molecule has 3 rings (SSSR count). The molecule has 176 valence electrons. The molecule has 2 amide bonds. The summed E-state index contributed by atoms with van der Waals surface area (Å²) in [5.74, 6) is 0.227. The number of amides is 2. The highest BCUT2D eigenvalue weighted by atomic mass is 19.4. The Morgan fingerprint density at radius 3 is 2.78 bits per heavy atom. The van der Waals surface area contributed by atoms with Crippen molar-refractivity contribution in [2.75, 3.05) is 5.32 Å². The van der Waals surface area contributed by atoms with Gasteiger partial charge in [0.15, 0.2) is 5.82 Å². The number of halogens is 3. The van der Waals surface area contributed by atoms with Crippen molar-refractivity contribution in [3.8, 4) is 0 Å². The van der Waals surface area contributed by atoms with Crippen LogP contribution < -0.4 is 10.6 Å². The Hall–Kier alpha value is -3.05. The number of hydrogen-bond acceptors (Lipinski definition) is 5. The maximum absolute atomic E-state index is 12.4. The van der Waals surface area contributed by atoms with Gasteiger partial charge < -0.3 is 15.4 Å². The van der Waals surface area contributed by atoms with Crippen molar-refractivity contribution in [1.82, 2.24) is 25.3 Å². The largest absolute Gasteiger partial charge is 0.446 e. The normalized spacial score (nSPS) is 19.6. The molecule has 3 atom stereocenters. The number of ether oxygens (including phenoxy) is 1. The molecule has 0 bridgehead atoms. The molecule has 1 fully saturated rings. The first kappa shape index (κ1) is 23.6. The van der Waals surface area contributed by atoms with Crippen molar-refractivity contribution < 1.29 is 27.5 Å². The summed E-state index contributed by atoms with van der Waals surface area (Å²) in [4.78, 5) is 24.2. The summed E-state index contributed by atoms with van der Waals surface area (Å²) < 4.78 is 44.1. The van der Waals surface area contributed by atoms with Crippen LogP contribution >= 0.6 is 0 Å². The Morgan fingerprint density at radius 1 is 1.38 bits per heavy atom. The summed E-state index contributed by atoms with van der Waals surface area (Å²) in [6, 6.07) is 0.681. The van der Waals surface area contributed by atoms with Crippen LogP contribution in [0.25, 0.3) is 0 Å². The van der Waals surface area contributed by atoms with E-state index in [9.17, 15) is 22.8 Å². The number of carbonyl (C=O) groups is 2. The van der Waals surface area contributed by atoms with Gasteiger partial charge in [0.05, 0.1) is 19.0 Å². The van der Waals surface area contributed by atoms with Crippen molar-refractivity contribution >= 4 is 17.8 Å². The molecule has 0 spiro atoms. The molecule has 32 heavy (non-hydrogen) atoms. The smallest absolute Gasteiger partial charge is 0.407 e. The molecule has 2 heterocycles. The summed E-state index contributed by atoms with van der Waals surface area (Å²) in [7, 11) is 1.81. The van der Waals surface area contributed by atoms with Crippen LogP contribution in [0.1, 0.15) is 55.5 Å². The van der Waals surface area contributed by atoms with Crippen LogP contribution in [0, 0.1) is 6.92 Å². The Balaban J connectivity index is 1.46. The standard InChI is InChI=1S/C20H27F3N6O3/c1-11(9-20(21,22)23)25-19(31)32-15-5-4-13(6-15)16-8-17(28-27-16)26-18(30)7-14-10-24-29(3)12(14)2/h8,10-11,13,15H,4-7,9H2,1-3H3,(H,25,31)(H2,26,27,28,30)/t11?,13-,15+/m0/s1. The number of anilines is 1. The number of nitrogens with one attached hydrogen (secondary N) is 3. The van der Waals surface area contributed by atoms with E-state index in [1.54, 1.807) is 16.9 Å². The zero-order valence-corrected chi connectivity index (χ0v) is 18.1. The van der Waals surface area contributed by atoms with Gasteiger partial charge in [0, 0.05) is 42.0 Å². The van der Waals surface area contributed by atoms with Gasteiger partial charge in [-0.25, -0.2) is 4.79 Å². The van der Waals surface area contributed by atoms with Crippen LogP contribution in [0.5, 0.6) is 0 Å². The predicted molar refractivity (Wildman–Crippen MR) is 109 cm³/mol. The summed E-state index contributed by atoms with van der Waals surface area (Å²) in [6.45, 7) is 3.17. The van der Waals surface area contributed by atoms with Gasteiger partial charge in [-0.2, -0.15) is 23.4 Å². The molecule has 12 heteroatoms. The maximum atomic E-state index is 12.4. The lowest BCUT2D eigenvalue weighted by atomic mass is 10.0. The lowest BCUT2D eigenvalue weighted by Crippen LogP contribution is -2.37. The number of aromatic nitrogens is 4. The molecule has 2 aromatic heterocycles. The first-order valence-corrected chi connectivity index (χ1v) is 10.4. The number of H-pyrrole nitrogens is 1. The lowest BCUT2D eigenvalue weighted by Gasteiger charge is -2.18. The molecule has 1 unspecified atom stereocenters. The zero-order valence-electron chi connectivity index (χ0n) is 18.1. The molecule has 1 aliphatic rings. The fourth-order valence-corrected chi connectivity index (χ4v) is 3.80. The number of alkyl halides is 3. The number of rotatable bonds is 7. The monoisotopic (exact) mass is 456 g/mol. The lowest BCUT2D eigenvalue weighted by molar-refractivity contribution is -0.138. The highest BCUT2D eigenvalue weighted by molar-refractivity contribution is 5.91. The van der Waals surface area contributed by atoms with Gasteiger partial charge in [0.25, 0.3) is 0 Å². The minimum atomic E-state index is -4.35. The molecular weight excluding hydrogens is 429 g/mol. The minimum Gasteiger partial charge on any atom is -0.446 e. The Bertz CT molecular complexity index is 955. The average Bonchev–Trinajstić information content (AvgIpc) is 3.37. The third-order valence-corrected chi connectivity index (χ3v) is 5.55. The molecule has 0 aromatic carbocycles. The molecule has 0 aliphatic heterocycles. The predicted octanol–water partition coefficient (Wildman–Crippen LogP) is 3.34. The van der Waals surface area contributed by atoms with Crippen LogP contribution in [0.2, 0.25) is 0 Å². The Labute approximate surface area is 183 Å². The van der Waals surface area contributed by atoms with Crippen molar-refractivity contribution in [2.45, 2.75) is 70.2 Å². The van der Waals surface area contributed by atoms with Crippen LogP contribution in [-0.2, 0) is 23.0 Å². The molecule has 2 aromatic rings. The second-order valence-corrected chi connectivity index (χ2v) is 8.21. The maximum Gasteiger partial charge on any atom is 0.407 e. The quantitative estimate of drug-likeness (QED) is 0.591. The Morgan fingerprint density at radius 2 is 2.12 bits per heavy atom. The zero-order chi connectivity index (χ0) is 23.5. The second kappa shape index (κ2) is 9.61. The van der Waals surface area contributed by atoms with Crippen molar-refractivity contribution in [1.29, 1.82) is 0 Å². The number of hydrogen-bond donors (Lipinski definition) is 3. The minimum absolute atomic E-state index is 0.0409. The van der Waals surface area contributed by atoms with Crippen molar-refractivity contribution in [3.63, 3.8) is 0 Å². The SMILES string of the molecule is Cc1c(CC(=O)Nc2cc([C@H]3CC[C@@H](OC(=O)NC(C)CC(F)(F)F)C3)[nH]n2)cnn1C. The molecule has 1 saturated carbocycles. The fourth-order valence-electron chi connectivity index (χ4n) is 3.80. The highest BCUT2D eigenvalue weighted by Crippen LogP contribution is 2.36. The number of nitrogens with zero attached hydrogens (tertiary/aromatic N) is 3. The summed E-state index contributed by atoms with van der Waals surface area (Å²) >= 11 is 0. The fraction of sp³-hybridized carbons (Fsp3) is 0.600. The van der Waals surface area contributed by atoms with Crippen molar-refractivity contribution in [3.05, 3.63) is 29.2 Å². The van der Waals surface area contributed by atoms with E-state index in [-0.39, 0.29) is 18.2 Å². The first-order chi connectivity index (χ1) is 15.0. The second-order valence-electron chi connectivity index (χ2n) is 8.21. The van der Waals surface area contributed by atoms with E-state index in [0.717, 1.165) is 23.4 Å². The van der Waals surface area contributed by atoms with Gasteiger partial charge in [0.1, 0.15) is 6.10 Å². The van der Waals surface area contributed by atoms with E-state index in [1.807, 2.05) is 14.0 Å². The van der Waals surface area contributed by atoms with Crippen molar-refractivity contribution in [2.24, 2.45) is 7.05 Å². The number of alkyl carbamates (subject to hydrolysis) is 1. The van der Waals surface area contributed by atoms with Gasteiger partial charge >= 0.3 is 12.3 Å². The van der Waals surface area contributed by atoms with Gasteiger partial charge in [-0.1, -0.05) is 0 Å². The molecule has 0 saturated heterocycles. The van der Waals surface area contributed by atoms with E-state index in [0.29, 0.717) is 18.7 Å². The molecular formula is C20H27F3N6O3. The van der Waals surface area contributed by atoms with Crippen LogP contribution in [0.3, 0.4) is 0 Å². The highest BCUT2D eigenvalue weighted by Gasteiger charge is 2.33. The van der Waals surface area contributed by atoms with Crippen LogP contribution in [0.15, 0.2) is 12.3 Å². The summed E-state index contributed by atoms with van der Waals surface area (Å²) in [6.07, 6.45) is -3.04. The Kier molecular flexibility index (Phi) is 7.09. The summed E-state index contributed by atoms with van der Waals surface area (Å²) in [5, 5.41) is 16.1. The van der Waals surface area contributed by atoms with Gasteiger partial charge in [0.2, 0.25) is 5.91 Å². The number of carbonyl (C=O) groups excluding carboxylic acids is 2. The van der Waals surface area contributed by atoms with E-state index < -0.39 is 30.8 Å². The molecule has 0 radical (unpaired) electrons. The third kappa shape index (κ3) is 6.47. The van der Waals surface area contributed by atoms with Crippen LogP contribution in [0.4, 0.5) is 23.8 Å². The molecule has 3 N–H and O–H groups in total. The third-order valence-electron chi connectivity index (χ3n) is 5.55. The molecule has 1 aliphatic carbocycles. The number of aromatic amines is 1. The van der Waals surface area contributed by atoms with Crippen LogP contribution in [-0.4, -0.2) is 50.3 Å². The topological polar surface area (TPSA) is 114 Å². The first-order valence-electron chi connectivity index (χ1n) is 10.4.